The van der Waals surface area contributed by atoms with E-state index in [9.17, 15) is 0 Å². The summed E-state index contributed by atoms with van der Waals surface area (Å²) in [4.78, 5) is 2.59. The molecule has 0 bridgehead atoms. The Balaban J connectivity index is 4.14. The van der Waals surface area contributed by atoms with Gasteiger partial charge in [0.05, 0.1) is 0 Å². The van der Waals surface area contributed by atoms with Crippen molar-refractivity contribution in [2.75, 3.05) is 7.05 Å². The average Bonchev–Trinajstić information content (AvgIpc) is 2.34. The first kappa shape index (κ1) is 18.0. The van der Waals surface area contributed by atoms with E-state index in [0.29, 0.717) is 12.1 Å². The van der Waals surface area contributed by atoms with E-state index in [0.717, 1.165) is 17.8 Å². The summed E-state index contributed by atoms with van der Waals surface area (Å²) >= 11 is 0. The molecule has 0 fully saturated rings. The van der Waals surface area contributed by atoms with Crippen molar-refractivity contribution in [2.45, 2.75) is 86.2 Å². The van der Waals surface area contributed by atoms with Crippen LogP contribution in [0.3, 0.4) is 0 Å². The molecule has 0 radical (unpaired) electrons. The van der Waals surface area contributed by atoms with E-state index in [4.69, 9.17) is 0 Å². The molecule has 0 rings (SSSR count). The zero-order valence-electron chi connectivity index (χ0n) is 14.2. The van der Waals surface area contributed by atoms with Gasteiger partial charge in [0.1, 0.15) is 0 Å². The fourth-order valence-corrected chi connectivity index (χ4v) is 2.60. The standard InChI is InChI=1S/C17H37N/c1-9-14(4)16(6)18(8)17(7)15(5)12-10-11-13(2)3/h13-17H,9-12H2,1-8H3. The number of hydrogen-bond acceptors (Lipinski definition) is 1. The number of hydrogen-bond donors (Lipinski definition) is 0. The Labute approximate surface area is 116 Å². The molecule has 0 heterocycles. The zero-order chi connectivity index (χ0) is 14.3. The molecule has 0 aromatic heterocycles. The van der Waals surface area contributed by atoms with Crippen molar-refractivity contribution in [3.63, 3.8) is 0 Å². The van der Waals surface area contributed by atoms with Gasteiger partial charge in [-0.25, -0.2) is 0 Å². The van der Waals surface area contributed by atoms with E-state index in [-0.39, 0.29) is 0 Å². The highest BCUT2D eigenvalue weighted by molar-refractivity contribution is 4.77. The summed E-state index contributed by atoms with van der Waals surface area (Å²) in [5.41, 5.74) is 0. The van der Waals surface area contributed by atoms with E-state index < -0.39 is 0 Å². The zero-order valence-corrected chi connectivity index (χ0v) is 14.2. The molecule has 1 heteroatoms. The van der Waals surface area contributed by atoms with E-state index in [1.807, 2.05) is 0 Å². The molecule has 0 aliphatic heterocycles. The second-order valence-corrected chi connectivity index (χ2v) is 6.83. The van der Waals surface area contributed by atoms with E-state index in [1.54, 1.807) is 0 Å². The lowest BCUT2D eigenvalue weighted by Crippen LogP contribution is -2.43. The summed E-state index contributed by atoms with van der Waals surface area (Å²) < 4.78 is 0. The third kappa shape index (κ3) is 6.22. The van der Waals surface area contributed by atoms with Crippen LogP contribution in [0, 0.1) is 17.8 Å². The maximum absolute atomic E-state index is 2.59. The van der Waals surface area contributed by atoms with Crippen LogP contribution in [-0.4, -0.2) is 24.0 Å². The predicted octanol–water partition coefficient (Wildman–Crippen LogP) is 5.20. The molecule has 0 saturated heterocycles. The molecule has 0 amide bonds. The Morgan fingerprint density at radius 3 is 1.72 bits per heavy atom. The van der Waals surface area contributed by atoms with Gasteiger partial charge < -0.3 is 4.90 Å². The van der Waals surface area contributed by atoms with Crippen molar-refractivity contribution < 1.29 is 0 Å². The normalized spacial score (nSPS) is 19.0. The smallest absolute Gasteiger partial charge is 0.00924 e. The minimum atomic E-state index is 0.692. The van der Waals surface area contributed by atoms with Crippen molar-refractivity contribution >= 4 is 0 Å². The summed E-state index contributed by atoms with van der Waals surface area (Å²) in [6.45, 7) is 16.5. The van der Waals surface area contributed by atoms with E-state index >= 15 is 0 Å². The first-order valence-corrected chi connectivity index (χ1v) is 8.03. The van der Waals surface area contributed by atoms with Crippen LogP contribution in [0.1, 0.15) is 74.1 Å². The Kier molecular flexibility index (Phi) is 8.94. The quantitative estimate of drug-likeness (QED) is 0.547. The van der Waals surface area contributed by atoms with Crippen LogP contribution in [0.25, 0.3) is 0 Å². The molecule has 0 aliphatic rings. The molecule has 110 valence electrons. The molecule has 0 N–H and O–H groups in total. The molecule has 4 unspecified atom stereocenters. The van der Waals surface area contributed by atoms with Crippen LogP contribution in [0.4, 0.5) is 0 Å². The molecule has 0 aliphatic carbocycles. The van der Waals surface area contributed by atoms with Gasteiger partial charge in [0.15, 0.2) is 0 Å². The first-order chi connectivity index (χ1) is 8.31. The van der Waals surface area contributed by atoms with Crippen LogP contribution < -0.4 is 0 Å². The summed E-state index contributed by atoms with van der Waals surface area (Å²) in [6.07, 6.45) is 5.41. The minimum absolute atomic E-state index is 0.692. The van der Waals surface area contributed by atoms with Gasteiger partial charge in [-0.3, -0.25) is 0 Å². The van der Waals surface area contributed by atoms with Gasteiger partial charge in [0.2, 0.25) is 0 Å². The van der Waals surface area contributed by atoms with Gasteiger partial charge >= 0.3 is 0 Å². The summed E-state index contributed by atoms with van der Waals surface area (Å²) in [6, 6.07) is 1.39. The third-order valence-corrected chi connectivity index (χ3v) is 5.02. The highest BCUT2D eigenvalue weighted by Crippen LogP contribution is 2.22. The van der Waals surface area contributed by atoms with Crippen molar-refractivity contribution in [3.8, 4) is 0 Å². The molecular formula is C17H37N. The van der Waals surface area contributed by atoms with Crippen molar-refractivity contribution in [2.24, 2.45) is 17.8 Å². The lowest BCUT2D eigenvalue weighted by Gasteiger charge is -2.37. The fourth-order valence-electron chi connectivity index (χ4n) is 2.60. The Morgan fingerprint density at radius 2 is 1.28 bits per heavy atom. The van der Waals surface area contributed by atoms with Crippen LogP contribution in [0.5, 0.6) is 0 Å². The molecular weight excluding hydrogens is 218 g/mol. The molecule has 1 nitrogen and oxygen atoms in total. The maximum atomic E-state index is 2.59. The summed E-state index contributed by atoms with van der Waals surface area (Å²) in [5.74, 6) is 2.45. The Hall–Kier alpha value is -0.0400. The number of rotatable bonds is 9. The van der Waals surface area contributed by atoms with Crippen molar-refractivity contribution in [3.05, 3.63) is 0 Å². The van der Waals surface area contributed by atoms with Gasteiger partial charge in [0, 0.05) is 12.1 Å². The van der Waals surface area contributed by atoms with E-state index in [1.165, 1.54) is 25.7 Å². The van der Waals surface area contributed by atoms with Crippen LogP contribution in [-0.2, 0) is 0 Å². The lowest BCUT2D eigenvalue weighted by molar-refractivity contribution is 0.111. The van der Waals surface area contributed by atoms with Gasteiger partial charge in [0.25, 0.3) is 0 Å². The Bertz CT molecular complexity index is 200. The molecule has 4 atom stereocenters. The first-order valence-electron chi connectivity index (χ1n) is 8.03. The second-order valence-electron chi connectivity index (χ2n) is 6.83. The topological polar surface area (TPSA) is 3.24 Å². The SMILES string of the molecule is CCC(C)C(C)N(C)C(C)C(C)CCCC(C)C. The Morgan fingerprint density at radius 1 is 0.778 bits per heavy atom. The molecule has 18 heavy (non-hydrogen) atoms. The average molecular weight is 255 g/mol. The monoisotopic (exact) mass is 255 g/mol. The second kappa shape index (κ2) is 8.96. The summed E-state index contributed by atoms with van der Waals surface area (Å²) in [7, 11) is 2.31. The van der Waals surface area contributed by atoms with Crippen LogP contribution in [0.15, 0.2) is 0 Å². The highest BCUT2D eigenvalue weighted by Gasteiger charge is 2.23. The largest absolute Gasteiger partial charge is 0.300 e. The van der Waals surface area contributed by atoms with Gasteiger partial charge in [-0.05, 0) is 45.1 Å². The van der Waals surface area contributed by atoms with Gasteiger partial charge in [-0.15, -0.1) is 0 Å². The maximum Gasteiger partial charge on any atom is 0.00924 e. The number of nitrogens with zero attached hydrogens (tertiary/aromatic N) is 1. The molecule has 0 saturated carbocycles. The lowest BCUT2D eigenvalue weighted by atomic mass is 9.91. The van der Waals surface area contributed by atoms with E-state index in [2.05, 4.69) is 60.4 Å². The molecule has 0 spiro atoms. The molecule has 0 aromatic rings. The predicted molar refractivity (Wildman–Crippen MR) is 84.0 cm³/mol. The highest BCUT2D eigenvalue weighted by atomic mass is 15.2. The van der Waals surface area contributed by atoms with Gasteiger partial charge in [-0.1, -0.05) is 53.9 Å². The van der Waals surface area contributed by atoms with Crippen LogP contribution in [0.2, 0.25) is 0 Å². The van der Waals surface area contributed by atoms with Gasteiger partial charge in [-0.2, -0.15) is 0 Å². The third-order valence-electron chi connectivity index (χ3n) is 5.02. The van der Waals surface area contributed by atoms with Crippen molar-refractivity contribution in [1.82, 2.24) is 4.90 Å². The fraction of sp³-hybridized carbons (Fsp3) is 1.00. The molecule has 0 aromatic carbocycles. The van der Waals surface area contributed by atoms with Crippen molar-refractivity contribution in [1.29, 1.82) is 0 Å². The minimum Gasteiger partial charge on any atom is -0.300 e. The summed E-state index contributed by atoms with van der Waals surface area (Å²) in [5, 5.41) is 0. The van der Waals surface area contributed by atoms with Crippen LogP contribution >= 0.6 is 0 Å².